The second kappa shape index (κ2) is 10.00. The van der Waals surface area contributed by atoms with Crippen LogP contribution < -0.4 is 5.43 Å². The Bertz CT molecular complexity index is 1320. The van der Waals surface area contributed by atoms with Gasteiger partial charge in [-0.1, -0.05) is 39.8 Å². The highest BCUT2D eigenvalue weighted by Crippen LogP contribution is 2.70. The third-order valence-electron chi connectivity index (χ3n) is 12.1. The highest BCUT2D eigenvalue weighted by Gasteiger charge is 2.71. The smallest absolute Gasteiger partial charge is 0.331 e. The fourth-order valence-electron chi connectivity index (χ4n) is 9.75. The Hall–Kier alpha value is -2.55. The van der Waals surface area contributed by atoms with Crippen molar-refractivity contribution in [2.75, 3.05) is 6.61 Å². The number of carbonyl (C=O) groups excluding carboxylic acids is 2. The van der Waals surface area contributed by atoms with Gasteiger partial charge >= 0.3 is 5.97 Å². The van der Waals surface area contributed by atoms with Crippen molar-refractivity contribution >= 4 is 18.1 Å². The van der Waals surface area contributed by atoms with Crippen LogP contribution in [0.1, 0.15) is 101 Å². The number of cyclic esters (lactones) is 1. The van der Waals surface area contributed by atoms with Crippen LogP contribution in [-0.4, -0.2) is 57.3 Å². The molecule has 0 radical (unpaired) electrons. The molecule has 1 aromatic carbocycles. The molecule has 0 bridgehead atoms. The first-order chi connectivity index (χ1) is 19.7. The van der Waals surface area contributed by atoms with Gasteiger partial charge in [-0.25, -0.2) is 10.2 Å². The zero-order valence-corrected chi connectivity index (χ0v) is 25.4. The van der Waals surface area contributed by atoms with Crippen molar-refractivity contribution in [3.63, 3.8) is 0 Å². The maximum atomic E-state index is 13.0. The van der Waals surface area contributed by atoms with Crippen LogP contribution in [0, 0.1) is 28.6 Å². The average molecular weight is 579 g/mol. The first-order valence-electron chi connectivity index (χ1n) is 15.7. The molecule has 5 aliphatic rings. The van der Waals surface area contributed by atoms with Gasteiger partial charge in [0.1, 0.15) is 6.61 Å². The molecule has 42 heavy (non-hydrogen) atoms. The number of hydrogen-bond acceptors (Lipinski definition) is 7. The molecule has 0 saturated heterocycles. The number of benzene rings is 1. The van der Waals surface area contributed by atoms with E-state index in [0.29, 0.717) is 44.3 Å². The molecule has 8 atom stereocenters. The predicted octanol–water partition coefficient (Wildman–Crippen LogP) is 4.41. The van der Waals surface area contributed by atoms with Gasteiger partial charge in [0.15, 0.2) is 0 Å². The van der Waals surface area contributed by atoms with Gasteiger partial charge in [0, 0.05) is 35.1 Å². The van der Waals surface area contributed by atoms with Gasteiger partial charge in [-0.3, -0.25) is 4.79 Å². The van der Waals surface area contributed by atoms with Crippen LogP contribution in [0.3, 0.4) is 0 Å². The van der Waals surface area contributed by atoms with E-state index in [1.165, 1.54) is 0 Å². The lowest BCUT2D eigenvalue weighted by Crippen LogP contribution is -2.68. The van der Waals surface area contributed by atoms with Gasteiger partial charge in [0.25, 0.3) is 5.91 Å². The SMILES string of the molecule is CC(C)(C)c1ccc(C(=O)NN=CC23CC[C@@H](O)CC2(O)CC[C@@H]2[C@@H]3CCC3(C)C(C4=CC(=O)OC4)CCC23O)cc1. The highest BCUT2D eigenvalue weighted by molar-refractivity contribution is 5.94. The van der Waals surface area contributed by atoms with Gasteiger partial charge in [0.05, 0.1) is 17.3 Å². The molecule has 1 heterocycles. The predicted molar refractivity (Wildman–Crippen MR) is 159 cm³/mol. The third kappa shape index (κ3) is 4.39. The summed E-state index contributed by atoms with van der Waals surface area (Å²) in [5.41, 5.74) is 2.02. The summed E-state index contributed by atoms with van der Waals surface area (Å²) in [7, 11) is 0. The summed E-state index contributed by atoms with van der Waals surface area (Å²) in [5.74, 6) is -0.656. The molecule has 4 saturated carbocycles. The van der Waals surface area contributed by atoms with E-state index in [1.807, 2.05) is 12.1 Å². The van der Waals surface area contributed by atoms with E-state index in [9.17, 15) is 24.9 Å². The van der Waals surface area contributed by atoms with Gasteiger partial charge < -0.3 is 20.1 Å². The number of rotatable bonds is 4. The third-order valence-corrected chi connectivity index (χ3v) is 12.1. The van der Waals surface area contributed by atoms with Crippen LogP contribution in [0.15, 0.2) is 41.0 Å². The lowest BCUT2D eigenvalue weighted by Gasteiger charge is -2.65. The zero-order valence-electron chi connectivity index (χ0n) is 25.4. The van der Waals surface area contributed by atoms with Crippen molar-refractivity contribution in [1.29, 1.82) is 0 Å². The van der Waals surface area contributed by atoms with Crippen molar-refractivity contribution in [1.82, 2.24) is 5.43 Å². The molecule has 8 nitrogen and oxygen atoms in total. The number of aliphatic hydroxyl groups is 3. The fourth-order valence-corrected chi connectivity index (χ4v) is 9.75. The lowest BCUT2D eigenvalue weighted by molar-refractivity contribution is -0.237. The second-order valence-corrected chi connectivity index (χ2v) is 15.0. The summed E-state index contributed by atoms with van der Waals surface area (Å²) >= 11 is 0. The normalized spacial score (nSPS) is 41.5. The molecule has 4 N–H and O–H groups in total. The Labute approximate surface area is 248 Å². The first kappa shape index (κ1) is 29.5. The summed E-state index contributed by atoms with van der Waals surface area (Å²) in [5, 5.41) is 39.8. The topological polar surface area (TPSA) is 128 Å². The van der Waals surface area contributed by atoms with Crippen LogP contribution in [0.5, 0.6) is 0 Å². The van der Waals surface area contributed by atoms with Crippen LogP contribution in [0.4, 0.5) is 0 Å². The number of ether oxygens (including phenoxy) is 1. The Morgan fingerprint density at radius 2 is 1.74 bits per heavy atom. The van der Waals surface area contributed by atoms with Crippen molar-refractivity contribution in [2.45, 2.75) is 108 Å². The Morgan fingerprint density at radius 1 is 1.02 bits per heavy atom. The fraction of sp³-hybridized carbons (Fsp3) is 0.676. The van der Waals surface area contributed by atoms with E-state index in [4.69, 9.17) is 4.74 Å². The van der Waals surface area contributed by atoms with Gasteiger partial charge in [-0.15, -0.1) is 0 Å². The number of nitrogens with zero attached hydrogens (tertiary/aromatic N) is 1. The zero-order chi connectivity index (χ0) is 30.1. The largest absolute Gasteiger partial charge is 0.458 e. The number of carbonyl (C=O) groups is 2. The number of esters is 1. The van der Waals surface area contributed by atoms with E-state index in [1.54, 1.807) is 24.4 Å². The molecule has 4 fully saturated rings. The number of fused-ring (bicyclic) bond motifs is 5. The summed E-state index contributed by atoms with van der Waals surface area (Å²) in [6.07, 6.45) is 8.18. The van der Waals surface area contributed by atoms with E-state index < -0.39 is 28.1 Å². The minimum Gasteiger partial charge on any atom is -0.458 e. The number of amides is 1. The lowest BCUT2D eigenvalue weighted by atomic mass is 9.41. The second-order valence-electron chi connectivity index (χ2n) is 15.0. The average Bonchev–Trinajstić information content (AvgIpc) is 3.48. The van der Waals surface area contributed by atoms with Gasteiger partial charge in [0.2, 0.25) is 0 Å². The van der Waals surface area contributed by atoms with Crippen LogP contribution in [0.2, 0.25) is 0 Å². The number of hydrazone groups is 1. The molecule has 8 heteroatoms. The maximum absolute atomic E-state index is 13.0. The van der Waals surface area contributed by atoms with E-state index >= 15 is 0 Å². The van der Waals surface area contributed by atoms with Gasteiger partial charge in [-0.2, -0.15) is 5.10 Å². The molecule has 4 aliphatic carbocycles. The van der Waals surface area contributed by atoms with Gasteiger partial charge in [-0.05, 0) is 97.8 Å². The molecule has 5 unspecified atom stereocenters. The standard InChI is InChI=1S/C34H46N2O6/c1-30(2,3)23-7-5-21(6-8-23)29(39)36-35-20-32-14-9-24(37)18-33(32,40)15-11-27-26(32)10-13-31(4)25(12-16-34(27,31)41)22-17-28(38)42-19-22/h5-8,17,20,24-27,37,40-41H,9-16,18-19H2,1-4H3,(H,36,39)/t24-,25?,26+,27-,31?,32?,33?,34?/m1/s1. The summed E-state index contributed by atoms with van der Waals surface area (Å²) in [4.78, 5) is 24.9. The molecule has 1 aromatic rings. The van der Waals surface area contributed by atoms with Crippen LogP contribution in [-0.2, 0) is 14.9 Å². The van der Waals surface area contributed by atoms with Crippen molar-refractivity contribution < 1.29 is 29.6 Å². The minimum absolute atomic E-state index is 0.0153. The number of aliphatic hydroxyl groups excluding tert-OH is 1. The van der Waals surface area contributed by atoms with E-state index in [-0.39, 0.29) is 41.5 Å². The number of nitrogens with one attached hydrogen (secondary N) is 1. The first-order valence-corrected chi connectivity index (χ1v) is 15.7. The Balaban J connectivity index is 1.28. The quantitative estimate of drug-likeness (QED) is 0.238. The minimum atomic E-state index is -1.18. The maximum Gasteiger partial charge on any atom is 0.331 e. The molecular weight excluding hydrogens is 532 g/mol. The van der Waals surface area contributed by atoms with Crippen molar-refractivity contribution in [3.05, 3.63) is 47.0 Å². The molecule has 228 valence electrons. The summed E-state index contributed by atoms with van der Waals surface area (Å²) in [6, 6.07) is 7.53. The summed E-state index contributed by atoms with van der Waals surface area (Å²) in [6.45, 7) is 8.85. The van der Waals surface area contributed by atoms with Crippen molar-refractivity contribution in [3.8, 4) is 0 Å². The van der Waals surface area contributed by atoms with Crippen LogP contribution in [0.25, 0.3) is 0 Å². The van der Waals surface area contributed by atoms with Crippen molar-refractivity contribution in [2.24, 2.45) is 33.7 Å². The molecular formula is C34H46N2O6. The van der Waals surface area contributed by atoms with E-state index in [2.05, 4.69) is 38.2 Å². The molecule has 1 amide bonds. The Kier molecular flexibility index (Phi) is 7.03. The molecule has 1 aliphatic heterocycles. The molecule has 0 aromatic heterocycles. The summed E-state index contributed by atoms with van der Waals surface area (Å²) < 4.78 is 5.25. The Morgan fingerprint density at radius 3 is 2.40 bits per heavy atom. The van der Waals surface area contributed by atoms with E-state index in [0.717, 1.165) is 30.4 Å². The molecule has 0 spiro atoms. The molecule has 6 rings (SSSR count). The van der Waals surface area contributed by atoms with Crippen LogP contribution >= 0.6 is 0 Å². The monoisotopic (exact) mass is 578 g/mol. The number of hydrogen-bond donors (Lipinski definition) is 4. The highest BCUT2D eigenvalue weighted by atomic mass is 16.5.